The van der Waals surface area contributed by atoms with Crippen molar-refractivity contribution in [3.8, 4) is 0 Å². The SMILES string of the molecule is CCCCCCOC(=O)OOC(=O)c1ccc(C)cc1. The minimum atomic E-state index is -0.998. The average molecular weight is 280 g/mol. The second-order valence-electron chi connectivity index (χ2n) is 4.48. The molecule has 0 saturated carbocycles. The van der Waals surface area contributed by atoms with Crippen LogP contribution in [-0.2, 0) is 14.5 Å². The van der Waals surface area contributed by atoms with Gasteiger partial charge in [-0.25, -0.2) is 14.6 Å². The summed E-state index contributed by atoms with van der Waals surface area (Å²) in [7, 11) is 0. The fraction of sp³-hybridized carbons (Fsp3) is 0.467. The van der Waals surface area contributed by atoms with E-state index in [-0.39, 0.29) is 6.61 Å². The summed E-state index contributed by atoms with van der Waals surface area (Å²) in [5, 5.41) is 0. The second kappa shape index (κ2) is 8.96. The zero-order valence-electron chi connectivity index (χ0n) is 11.9. The Hall–Kier alpha value is -2.04. The fourth-order valence-corrected chi connectivity index (χ4v) is 1.52. The van der Waals surface area contributed by atoms with Crippen LogP contribution >= 0.6 is 0 Å². The van der Waals surface area contributed by atoms with Crippen molar-refractivity contribution in [1.29, 1.82) is 0 Å². The summed E-state index contributed by atoms with van der Waals surface area (Å²) in [4.78, 5) is 31.3. The van der Waals surface area contributed by atoms with Gasteiger partial charge >= 0.3 is 12.1 Å². The van der Waals surface area contributed by atoms with Crippen LogP contribution in [0.4, 0.5) is 4.79 Å². The molecule has 0 fully saturated rings. The molecule has 1 aromatic carbocycles. The van der Waals surface area contributed by atoms with Crippen LogP contribution in [-0.4, -0.2) is 18.7 Å². The van der Waals surface area contributed by atoms with Crippen molar-refractivity contribution in [2.75, 3.05) is 6.61 Å². The van der Waals surface area contributed by atoms with Gasteiger partial charge in [0.2, 0.25) is 0 Å². The van der Waals surface area contributed by atoms with Crippen molar-refractivity contribution < 1.29 is 24.1 Å². The van der Waals surface area contributed by atoms with Gasteiger partial charge in [-0.2, -0.15) is 4.79 Å². The van der Waals surface area contributed by atoms with Gasteiger partial charge in [0, 0.05) is 0 Å². The van der Waals surface area contributed by atoms with Gasteiger partial charge < -0.3 is 4.74 Å². The smallest absolute Gasteiger partial charge is 0.432 e. The summed E-state index contributed by atoms with van der Waals surface area (Å²) in [6.07, 6.45) is 2.98. The predicted molar refractivity (Wildman–Crippen MR) is 73.2 cm³/mol. The number of benzene rings is 1. The predicted octanol–water partition coefficient (Wildman–Crippen LogP) is 3.80. The van der Waals surface area contributed by atoms with Gasteiger partial charge in [0.05, 0.1) is 12.2 Å². The van der Waals surface area contributed by atoms with Crippen LogP contribution in [0, 0.1) is 6.92 Å². The maximum absolute atomic E-state index is 11.5. The number of hydrogen-bond donors (Lipinski definition) is 0. The van der Waals surface area contributed by atoms with Crippen LogP contribution < -0.4 is 0 Å². The van der Waals surface area contributed by atoms with Crippen LogP contribution in [0.15, 0.2) is 24.3 Å². The van der Waals surface area contributed by atoms with Gasteiger partial charge in [0.1, 0.15) is 0 Å². The van der Waals surface area contributed by atoms with Gasteiger partial charge in [-0.05, 0) is 25.5 Å². The van der Waals surface area contributed by atoms with Crippen LogP contribution in [0.1, 0.15) is 48.5 Å². The highest BCUT2D eigenvalue weighted by atomic mass is 17.2. The van der Waals surface area contributed by atoms with E-state index in [1.807, 2.05) is 6.92 Å². The fourth-order valence-electron chi connectivity index (χ4n) is 1.52. The van der Waals surface area contributed by atoms with E-state index in [2.05, 4.69) is 16.7 Å². The first-order valence-electron chi connectivity index (χ1n) is 6.75. The Labute approximate surface area is 118 Å². The highest BCUT2D eigenvalue weighted by molar-refractivity contribution is 5.89. The van der Waals surface area contributed by atoms with E-state index in [0.29, 0.717) is 5.56 Å². The first kappa shape index (κ1) is 16.0. The number of hydrogen-bond acceptors (Lipinski definition) is 5. The van der Waals surface area contributed by atoms with Crippen molar-refractivity contribution in [3.63, 3.8) is 0 Å². The third kappa shape index (κ3) is 6.22. The first-order chi connectivity index (χ1) is 9.63. The lowest BCUT2D eigenvalue weighted by Crippen LogP contribution is -2.13. The van der Waals surface area contributed by atoms with Crippen molar-refractivity contribution in [1.82, 2.24) is 0 Å². The molecule has 0 atom stereocenters. The molecule has 0 heterocycles. The molecule has 5 nitrogen and oxygen atoms in total. The molecule has 0 bridgehead atoms. The molecule has 0 aliphatic rings. The topological polar surface area (TPSA) is 61.8 Å². The first-order valence-corrected chi connectivity index (χ1v) is 6.75. The zero-order valence-corrected chi connectivity index (χ0v) is 11.9. The molecule has 0 aromatic heterocycles. The number of unbranched alkanes of at least 4 members (excludes halogenated alkanes) is 3. The van der Waals surface area contributed by atoms with E-state index < -0.39 is 12.1 Å². The van der Waals surface area contributed by atoms with Gasteiger partial charge in [0.15, 0.2) is 0 Å². The van der Waals surface area contributed by atoms with Crippen LogP contribution in [0.25, 0.3) is 0 Å². The molecular formula is C15H20O5. The molecule has 110 valence electrons. The molecule has 0 aliphatic heterocycles. The Balaban J connectivity index is 2.20. The zero-order chi connectivity index (χ0) is 14.8. The Bertz CT molecular complexity index is 424. The third-order valence-corrected chi connectivity index (χ3v) is 2.69. The molecule has 1 aromatic rings. The highest BCUT2D eigenvalue weighted by Gasteiger charge is 2.12. The summed E-state index contributed by atoms with van der Waals surface area (Å²) in [6.45, 7) is 4.27. The van der Waals surface area contributed by atoms with E-state index in [0.717, 1.165) is 31.2 Å². The Morgan fingerprint density at radius 3 is 2.35 bits per heavy atom. The minimum absolute atomic E-state index is 0.265. The highest BCUT2D eigenvalue weighted by Crippen LogP contribution is 2.05. The van der Waals surface area contributed by atoms with Gasteiger partial charge in [-0.15, -0.1) is 0 Å². The Kier molecular flexibility index (Phi) is 7.17. The molecule has 0 unspecified atom stereocenters. The van der Waals surface area contributed by atoms with Crippen molar-refractivity contribution >= 4 is 12.1 Å². The maximum Gasteiger partial charge on any atom is 0.549 e. The Morgan fingerprint density at radius 1 is 1.00 bits per heavy atom. The monoisotopic (exact) mass is 280 g/mol. The third-order valence-electron chi connectivity index (χ3n) is 2.69. The number of ether oxygens (including phenoxy) is 1. The molecule has 20 heavy (non-hydrogen) atoms. The van der Waals surface area contributed by atoms with Crippen LogP contribution in [0.3, 0.4) is 0 Å². The lowest BCUT2D eigenvalue weighted by Gasteiger charge is -2.04. The number of carbonyl (C=O) groups excluding carboxylic acids is 2. The minimum Gasteiger partial charge on any atom is -0.432 e. The molecule has 0 radical (unpaired) electrons. The summed E-state index contributed by atoms with van der Waals surface area (Å²) in [5.74, 6) is -0.729. The average Bonchev–Trinajstić information content (AvgIpc) is 2.45. The van der Waals surface area contributed by atoms with Crippen LogP contribution in [0.2, 0.25) is 0 Å². The lowest BCUT2D eigenvalue weighted by molar-refractivity contribution is -0.203. The second-order valence-corrected chi connectivity index (χ2v) is 4.48. The largest absolute Gasteiger partial charge is 0.549 e. The van der Waals surface area contributed by atoms with Gasteiger partial charge in [0.25, 0.3) is 0 Å². The van der Waals surface area contributed by atoms with Gasteiger partial charge in [-0.1, -0.05) is 43.9 Å². The summed E-state index contributed by atoms with van der Waals surface area (Å²) >= 11 is 0. The quantitative estimate of drug-likeness (QED) is 0.343. The molecule has 0 saturated heterocycles. The number of aryl methyl sites for hydroxylation is 1. The number of rotatable bonds is 6. The molecule has 0 spiro atoms. The molecule has 1 rings (SSSR count). The summed E-state index contributed by atoms with van der Waals surface area (Å²) in [5.41, 5.74) is 1.33. The molecule has 0 amide bonds. The van der Waals surface area contributed by atoms with E-state index in [4.69, 9.17) is 4.74 Å². The maximum atomic E-state index is 11.5. The Morgan fingerprint density at radius 2 is 1.70 bits per heavy atom. The molecule has 0 aliphatic carbocycles. The molecule has 5 heteroatoms. The van der Waals surface area contributed by atoms with Crippen molar-refractivity contribution in [3.05, 3.63) is 35.4 Å². The lowest BCUT2D eigenvalue weighted by atomic mass is 10.2. The van der Waals surface area contributed by atoms with Crippen molar-refractivity contribution in [2.45, 2.75) is 39.5 Å². The van der Waals surface area contributed by atoms with E-state index in [9.17, 15) is 9.59 Å². The summed E-state index contributed by atoms with van der Waals surface area (Å²) in [6, 6.07) is 6.72. The van der Waals surface area contributed by atoms with E-state index >= 15 is 0 Å². The molecule has 0 N–H and O–H groups in total. The van der Waals surface area contributed by atoms with E-state index in [1.54, 1.807) is 24.3 Å². The standard InChI is InChI=1S/C15H20O5/c1-3-4-5-6-11-18-15(17)20-19-14(16)13-9-7-12(2)8-10-13/h7-10H,3-6,11H2,1-2H3. The number of carbonyl (C=O) groups is 2. The van der Waals surface area contributed by atoms with Crippen LogP contribution in [0.5, 0.6) is 0 Å². The van der Waals surface area contributed by atoms with E-state index in [1.165, 1.54) is 0 Å². The molecular weight excluding hydrogens is 260 g/mol. The van der Waals surface area contributed by atoms with Crippen molar-refractivity contribution in [2.24, 2.45) is 0 Å². The van der Waals surface area contributed by atoms with Gasteiger partial charge in [-0.3, -0.25) is 0 Å². The normalized spacial score (nSPS) is 9.90. The summed E-state index contributed by atoms with van der Waals surface area (Å²) < 4.78 is 4.76.